The van der Waals surface area contributed by atoms with E-state index in [4.69, 9.17) is 10.5 Å². The Bertz CT molecular complexity index is 609. The third-order valence-electron chi connectivity index (χ3n) is 3.37. The summed E-state index contributed by atoms with van der Waals surface area (Å²) in [6.45, 7) is 0.762. The maximum atomic E-state index is 6.24. The number of nitrogens with zero attached hydrogens (tertiary/aromatic N) is 2. The Labute approximate surface area is 120 Å². The van der Waals surface area contributed by atoms with Crippen LogP contribution in [0.2, 0.25) is 0 Å². The molecule has 3 rings (SSSR count). The van der Waals surface area contributed by atoms with E-state index in [1.54, 1.807) is 6.33 Å². The molecule has 19 heavy (non-hydrogen) atoms. The van der Waals surface area contributed by atoms with Gasteiger partial charge in [-0.3, -0.25) is 0 Å². The Morgan fingerprint density at radius 1 is 1.53 bits per heavy atom. The van der Waals surface area contributed by atoms with E-state index in [1.165, 1.54) is 5.56 Å². The quantitative estimate of drug-likeness (QED) is 0.944. The lowest BCUT2D eigenvalue weighted by Gasteiger charge is -2.13. The third kappa shape index (κ3) is 2.53. The Kier molecular flexibility index (Phi) is 3.33. The van der Waals surface area contributed by atoms with Crippen molar-refractivity contribution in [3.05, 3.63) is 46.0 Å². The molecule has 0 amide bonds. The van der Waals surface area contributed by atoms with Gasteiger partial charge in [-0.05, 0) is 29.7 Å². The second-order valence-electron chi connectivity index (χ2n) is 4.93. The van der Waals surface area contributed by atoms with Crippen molar-refractivity contribution in [2.45, 2.75) is 18.9 Å². The summed E-state index contributed by atoms with van der Waals surface area (Å²) in [6.07, 6.45) is 5.44. The molecule has 0 saturated carbocycles. The van der Waals surface area contributed by atoms with Crippen molar-refractivity contribution < 1.29 is 4.74 Å². The fraction of sp³-hybridized carbons (Fsp3) is 0.357. The van der Waals surface area contributed by atoms with Crippen LogP contribution in [0.15, 0.2) is 29.1 Å². The highest BCUT2D eigenvalue weighted by Crippen LogP contribution is 2.34. The van der Waals surface area contributed by atoms with Crippen LogP contribution >= 0.6 is 15.9 Å². The highest BCUT2D eigenvalue weighted by Gasteiger charge is 2.20. The molecule has 1 aliphatic heterocycles. The number of imidazole rings is 1. The smallest absolute Gasteiger partial charge is 0.125 e. The molecule has 2 heterocycles. The molecule has 5 heteroatoms. The molecule has 1 aliphatic rings. The average molecular weight is 322 g/mol. The van der Waals surface area contributed by atoms with E-state index in [-0.39, 0.29) is 6.04 Å². The van der Waals surface area contributed by atoms with Crippen molar-refractivity contribution >= 4 is 15.9 Å². The largest absolute Gasteiger partial charge is 0.493 e. The maximum absolute atomic E-state index is 6.24. The minimum atomic E-state index is -0.108. The SMILES string of the molecule is Cn1cnc(C(N)Cc2cc(Br)cc3c2OCC3)c1. The van der Waals surface area contributed by atoms with Gasteiger partial charge < -0.3 is 15.0 Å². The fourth-order valence-electron chi connectivity index (χ4n) is 2.46. The van der Waals surface area contributed by atoms with Gasteiger partial charge in [0.1, 0.15) is 5.75 Å². The first-order chi connectivity index (χ1) is 9.13. The number of halogens is 1. The molecule has 0 fully saturated rings. The Morgan fingerprint density at radius 3 is 3.11 bits per heavy atom. The minimum absolute atomic E-state index is 0.108. The van der Waals surface area contributed by atoms with Crippen LogP contribution in [0.3, 0.4) is 0 Å². The fourth-order valence-corrected chi connectivity index (χ4v) is 3.02. The van der Waals surface area contributed by atoms with E-state index < -0.39 is 0 Å². The lowest BCUT2D eigenvalue weighted by molar-refractivity contribution is 0.352. The maximum Gasteiger partial charge on any atom is 0.125 e. The van der Waals surface area contributed by atoms with Crippen LogP contribution in [0.25, 0.3) is 0 Å². The molecule has 2 N–H and O–H groups in total. The molecule has 2 aromatic rings. The zero-order chi connectivity index (χ0) is 13.4. The van der Waals surface area contributed by atoms with Crippen LogP contribution < -0.4 is 10.5 Å². The number of aryl methyl sites for hydroxylation is 1. The van der Waals surface area contributed by atoms with E-state index in [2.05, 4.69) is 33.0 Å². The number of hydrogen-bond donors (Lipinski definition) is 1. The molecular weight excluding hydrogens is 306 g/mol. The van der Waals surface area contributed by atoms with Gasteiger partial charge in [-0.15, -0.1) is 0 Å². The van der Waals surface area contributed by atoms with Crippen LogP contribution in [0.4, 0.5) is 0 Å². The molecule has 0 saturated heterocycles. The van der Waals surface area contributed by atoms with Crippen LogP contribution in [-0.4, -0.2) is 16.2 Å². The number of fused-ring (bicyclic) bond motifs is 1. The first kappa shape index (κ1) is 12.7. The normalized spacial score (nSPS) is 15.1. The topological polar surface area (TPSA) is 53.1 Å². The Balaban J connectivity index is 1.87. The first-order valence-electron chi connectivity index (χ1n) is 6.31. The Morgan fingerprint density at radius 2 is 2.37 bits per heavy atom. The highest BCUT2D eigenvalue weighted by molar-refractivity contribution is 9.10. The predicted molar refractivity (Wildman–Crippen MR) is 77.2 cm³/mol. The van der Waals surface area contributed by atoms with Gasteiger partial charge >= 0.3 is 0 Å². The van der Waals surface area contributed by atoms with E-state index >= 15 is 0 Å². The van der Waals surface area contributed by atoms with E-state index in [0.29, 0.717) is 0 Å². The van der Waals surface area contributed by atoms with E-state index in [0.717, 1.165) is 40.9 Å². The number of aromatic nitrogens is 2. The van der Waals surface area contributed by atoms with Gasteiger partial charge in [-0.1, -0.05) is 15.9 Å². The standard InChI is InChI=1S/C14H16BrN3O/c1-18-7-13(17-8-18)12(16)6-10-5-11(15)4-9-2-3-19-14(9)10/h4-5,7-8,12H,2-3,6,16H2,1H3. The molecule has 0 spiro atoms. The van der Waals surface area contributed by atoms with Gasteiger partial charge in [0.05, 0.1) is 24.7 Å². The van der Waals surface area contributed by atoms with Crippen molar-refractivity contribution in [1.82, 2.24) is 9.55 Å². The molecular formula is C14H16BrN3O. The van der Waals surface area contributed by atoms with Crippen molar-refractivity contribution in [1.29, 1.82) is 0 Å². The van der Waals surface area contributed by atoms with Gasteiger partial charge in [-0.25, -0.2) is 4.98 Å². The van der Waals surface area contributed by atoms with Gasteiger partial charge in [0.15, 0.2) is 0 Å². The average Bonchev–Trinajstić information content (AvgIpc) is 2.97. The van der Waals surface area contributed by atoms with E-state index in [1.807, 2.05) is 17.8 Å². The van der Waals surface area contributed by atoms with E-state index in [9.17, 15) is 0 Å². The van der Waals surface area contributed by atoms with Crippen LogP contribution in [0, 0.1) is 0 Å². The summed E-state index contributed by atoms with van der Waals surface area (Å²) in [5.74, 6) is 1.01. The van der Waals surface area contributed by atoms with Crippen molar-refractivity contribution in [3.63, 3.8) is 0 Å². The molecule has 100 valence electrons. The van der Waals surface area contributed by atoms with Crippen LogP contribution in [0.5, 0.6) is 5.75 Å². The molecule has 0 aliphatic carbocycles. The lowest BCUT2D eigenvalue weighted by Crippen LogP contribution is -2.14. The summed E-state index contributed by atoms with van der Waals surface area (Å²) in [5.41, 5.74) is 9.56. The number of rotatable bonds is 3. The molecule has 1 atom stereocenters. The van der Waals surface area contributed by atoms with Gasteiger partial charge in [-0.2, -0.15) is 0 Å². The summed E-state index contributed by atoms with van der Waals surface area (Å²) < 4.78 is 8.72. The van der Waals surface area contributed by atoms with Crippen molar-refractivity contribution in [2.24, 2.45) is 12.8 Å². The zero-order valence-corrected chi connectivity index (χ0v) is 12.4. The summed E-state index contributed by atoms with van der Waals surface area (Å²) in [6, 6.07) is 4.11. The second kappa shape index (κ2) is 4.98. The third-order valence-corrected chi connectivity index (χ3v) is 3.83. The monoisotopic (exact) mass is 321 g/mol. The summed E-state index contributed by atoms with van der Waals surface area (Å²) in [4.78, 5) is 4.31. The number of nitrogens with two attached hydrogens (primary N) is 1. The molecule has 1 aromatic carbocycles. The molecule has 1 unspecified atom stereocenters. The molecule has 0 radical (unpaired) electrons. The minimum Gasteiger partial charge on any atom is -0.493 e. The van der Waals surface area contributed by atoms with Crippen LogP contribution in [-0.2, 0) is 19.9 Å². The zero-order valence-electron chi connectivity index (χ0n) is 10.8. The number of hydrogen-bond acceptors (Lipinski definition) is 3. The lowest BCUT2D eigenvalue weighted by atomic mass is 10.0. The van der Waals surface area contributed by atoms with Crippen molar-refractivity contribution in [3.8, 4) is 5.75 Å². The molecule has 4 nitrogen and oxygen atoms in total. The predicted octanol–water partition coefficient (Wildman–Crippen LogP) is 2.36. The second-order valence-corrected chi connectivity index (χ2v) is 5.84. The van der Waals surface area contributed by atoms with Gasteiger partial charge in [0, 0.05) is 24.1 Å². The summed E-state index contributed by atoms with van der Waals surface area (Å²) in [5, 5.41) is 0. The molecule has 1 aromatic heterocycles. The first-order valence-corrected chi connectivity index (χ1v) is 7.10. The Hall–Kier alpha value is -1.33. The summed E-state index contributed by atoms with van der Waals surface area (Å²) >= 11 is 3.55. The van der Waals surface area contributed by atoms with Gasteiger partial charge in [0.25, 0.3) is 0 Å². The van der Waals surface area contributed by atoms with Crippen LogP contribution in [0.1, 0.15) is 22.9 Å². The number of ether oxygens (including phenoxy) is 1. The van der Waals surface area contributed by atoms with Crippen molar-refractivity contribution in [2.75, 3.05) is 6.61 Å². The molecule has 0 bridgehead atoms. The van der Waals surface area contributed by atoms with Gasteiger partial charge in [0.2, 0.25) is 0 Å². The summed E-state index contributed by atoms with van der Waals surface area (Å²) in [7, 11) is 1.95. The highest BCUT2D eigenvalue weighted by atomic mass is 79.9. The number of benzene rings is 1.